The van der Waals surface area contributed by atoms with Crippen molar-refractivity contribution in [3.05, 3.63) is 75.6 Å². The van der Waals surface area contributed by atoms with E-state index in [-0.39, 0.29) is 17.8 Å². The number of nitro benzene ring substituents is 1. The number of carbonyl (C=O) groups excluding carboxylic acids is 1. The third kappa shape index (κ3) is 3.17. The maximum absolute atomic E-state index is 13.4. The Balaban J connectivity index is 2.02. The Morgan fingerprint density at radius 3 is 2.40 bits per heavy atom. The zero-order valence-corrected chi connectivity index (χ0v) is 10.4. The molecule has 5 nitrogen and oxygen atoms in total. The molecule has 0 fully saturated rings. The summed E-state index contributed by atoms with van der Waals surface area (Å²) in [7, 11) is 0. The summed E-state index contributed by atoms with van der Waals surface area (Å²) < 4.78 is 13.4. The maximum Gasteiger partial charge on any atom is 0.269 e. The maximum atomic E-state index is 13.4. The number of amides is 1. The Bertz CT molecular complexity index is 641. The van der Waals surface area contributed by atoms with Gasteiger partial charge in [0.15, 0.2) is 0 Å². The van der Waals surface area contributed by atoms with Gasteiger partial charge in [-0.2, -0.15) is 0 Å². The van der Waals surface area contributed by atoms with Crippen molar-refractivity contribution in [1.29, 1.82) is 0 Å². The number of hydrogen-bond donors (Lipinski definition) is 1. The lowest BCUT2D eigenvalue weighted by molar-refractivity contribution is -0.384. The van der Waals surface area contributed by atoms with Crippen LogP contribution < -0.4 is 5.32 Å². The van der Waals surface area contributed by atoms with Crippen LogP contribution in [0.2, 0.25) is 0 Å². The van der Waals surface area contributed by atoms with E-state index in [1.54, 1.807) is 18.2 Å². The molecule has 2 rings (SSSR count). The zero-order valence-electron chi connectivity index (χ0n) is 10.4. The molecule has 0 aromatic heterocycles. The van der Waals surface area contributed by atoms with Crippen molar-refractivity contribution in [2.24, 2.45) is 0 Å². The van der Waals surface area contributed by atoms with E-state index in [0.717, 1.165) is 0 Å². The summed E-state index contributed by atoms with van der Waals surface area (Å²) in [5, 5.41) is 13.0. The van der Waals surface area contributed by atoms with E-state index in [0.29, 0.717) is 5.56 Å². The van der Waals surface area contributed by atoms with Crippen molar-refractivity contribution >= 4 is 11.6 Å². The normalized spacial score (nSPS) is 10.1. The van der Waals surface area contributed by atoms with Crippen molar-refractivity contribution in [2.45, 2.75) is 6.54 Å². The van der Waals surface area contributed by atoms with E-state index in [4.69, 9.17) is 0 Å². The van der Waals surface area contributed by atoms with Crippen LogP contribution in [0.1, 0.15) is 15.9 Å². The van der Waals surface area contributed by atoms with Crippen molar-refractivity contribution < 1.29 is 14.1 Å². The smallest absolute Gasteiger partial charge is 0.269 e. The second kappa shape index (κ2) is 5.92. The molecule has 2 aromatic carbocycles. The summed E-state index contributed by atoms with van der Waals surface area (Å²) in [5.41, 5.74) is 0.574. The second-order valence-electron chi connectivity index (χ2n) is 4.08. The molecular weight excluding hydrogens is 263 g/mol. The Hall–Kier alpha value is -2.76. The van der Waals surface area contributed by atoms with Gasteiger partial charge in [0.1, 0.15) is 5.82 Å². The molecule has 0 aliphatic heterocycles. The van der Waals surface area contributed by atoms with Crippen LogP contribution in [0.25, 0.3) is 0 Å². The highest BCUT2D eigenvalue weighted by Gasteiger charge is 2.09. The van der Waals surface area contributed by atoms with E-state index in [1.807, 2.05) is 0 Å². The van der Waals surface area contributed by atoms with Crippen LogP contribution in [-0.2, 0) is 6.54 Å². The lowest BCUT2D eigenvalue weighted by atomic mass is 10.1. The minimum atomic E-state index is -0.541. The van der Waals surface area contributed by atoms with Gasteiger partial charge in [0.05, 0.1) is 4.92 Å². The first kappa shape index (κ1) is 13.7. The summed E-state index contributed by atoms with van der Waals surface area (Å²) in [6, 6.07) is 11.3. The molecule has 0 aliphatic carbocycles. The molecule has 0 saturated heterocycles. The molecule has 0 atom stereocenters. The largest absolute Gasteiger partial charge is 0.348 e. The fraction of sp³-hybridized carbons (Fsp3) is 0.0714. The van der Waals surface area contributed by atoms with Crippen LogP contribution in [0.15, 0.2) is 48.5 Å². The molecule has 20 heavy (non-hydrogen) atoms. The molecule has 0 spiro atoms. The highest BCUT2D eigenvalue weighted by atomic mass is 19.1. The predicted molar refractivity (Wildman–Crippen MR) is 70.7 cm³/mol. The van der Waals surface area contributed by atoms with E-state index >= 15 is 0 Å². The van der Waals surface area contributed by atoms with Crippen molar-refractivity contribution in [3.8, 4) is 0 Å². The topological polar surface area (TPSA) is 72.2 Å². The second-order valence-corrected chi connectivity index (χ2v) is 4.08. The van der Waals surface area contributed by atoms with Gasteiger partial charge >= 0.3 is 0 Å². The highest BCUT2D eigenvalue weighted by Crippen LogP contribution is 2.12. The number of hydrogen-bond acceptors (Lipinski definition) is 3. The zero-order chi connectivity index (χ0) is 14.5. The highest BCUT2D eigenvalue weighted by molar-refractivity contribution is 5.94. The average Bonchev–Trinajstić information content (AvgIpc) is 2.46. The molecule has 0 bridgehead atoms. The molecule has 0 saturated carbocycles. The van der Waals surface area contributed by atoms with E-state index < -0.39 is 16.6 Å². The molecule has 0 radical (unpaired) electrons. The lowest BCUT2D eigenvalue weighted by Crippen LogP contribution is -2.23. The average molecular weight is 274 g/mol. The summed E-state index contributed by atoms with van der Waals surface area (Å²) in [5.74, 6) is -0.806. The van der Waals surface area contributed by atoms with Crippen molar-refractivity contribution in [2.75, 3.05) is 0 Å². The number of nitro groups is 1. The standard InChI is InChI=1S/C14H11FN2O3/c15-13-4-2-1-3-11(13)9-16-14(18)10-5-7-12(8-6-10)17(19)20/h1-8H,9H2,(H,16,18). The summed E-state index contributed by atoms with van der Waals surface area (Å²) >= 11 is 0. The molecule has 6 heteroatoms. The predicted octanol–water partition coefficient (Wildman–Crippen LogP) is 2.66. The van der Waals surface area contributed by atoms with Crippen LogP contribution in [0.3, 0.4) is 0 Å². The van der Waals surface area contributed by atoms with Gasteiger partial charge in [-0.15, -0.1) is 0 Å². The van der Waals surface area contributed by atoms with Crippen molar-refractivity contribution in [1.82, 2.24) is 5.32 Å². The minimum Gasteiger partial charge on any atom is -0.348 e. The van der Waals surface area contributed by atoms with Gasteiger partial charge in [-0.25, -0.2) is 4.39 Å². The number of non-ortho nitro benzene ring substituents is 1. The van der Waals surface area contributed by atoms with Gasteiger partial charge < -0.3 is 5.32 Å². The third-order valence-corrected chi connectivity index (χ3v) is 2.74. The Morgan fingerprint density at radius 2 is 1.80 bits per heavy atom. The van der Waals surface area contributed by atoms with E-state index in [9.17, 15) is 19.3 Å². The van der Waals surface area contributed by atoms with Gasteiger partial charge in [-0.1, -0.05) is 18.2 Å². The summed E-state index contributed by atoms with van der Waals surface area (Å²) in [6.07, 6.45) is 0. The van der Waals surface area contributed by atoms with Gasteiger partial charge in [0.2, 0.25) is 0 Å². The van der Waals surface area contributed by atoms with E-state index in [2.05, 4.69) is 5.32 Å². The fourth-order valence-corrected chi connectivity index (χ4v) is 1.65. The Morgan fingerprint density at radius 1 is 1.15 bits per heavy atom. The quantitative estimate of drug-likeness (QED) is 0.688. The first-order valence-corrected chi connectivity index (χ1v) is 5.84. The SMILES string of the molecule is O=C(NCc1ccccc1F)c1ccc([N+](=O)[O-])cc1. The number of halogens is 1. The van der Waals surface area contributed by atoms with Gasteiger partial charge in [-0.05, 0) is 18.2 Å². The molecule has 0 aliphatic rings. The summed E-state index contributed by atoms with van der Waals surface area (Å²) in [6.45, 7) is 0.0580. The van der Waals surface area contributed by atoms with Crippen molar-refractivity contribution in [3.63, 3.8) is 0 Å². The molecule has 1 amide bonds. The monoisotopic (exact) mass is 274 g/mol. The number of nitrogens with zero attached hydrogens (tertiary/aromatic N) is 1. The third-order valence-electron chi connectivity index (χ3n) is 2.74. The molecule has 0 heterocycles. The molecular formula is C14H11FN2O3. The first-order valence-electron chi connectivity index (χ1n) is 5.84. The van der Waals surface area contributed by atoms with Crippen LogP contribution in [0.5, 0.6) is 0 Å². The molecule has 102 valence electrons. The number of rotatable bonds is 4. The van der Waals surface area contributed by atoms with Gasteiger partial charge in [0, 0.05) is 29.8 Å². The minimum absolute atomic E-state index is 0.0580. The van der Waals surface area contributed by atoms with Gasteiger partial charge in [-0.3, -0.25) is 14.9 Å². The van der Waals surface area contributed by atoms with E-state index in [1.165, 1.54) is 30.3 Å². The van der Waals surface area contributed by atoms with Gasteiger partial charge in [0.25, 0.3) is 11.6 Å². The Kier molecular flexibility index (Phi) is 4.05. The number of carbonyl (C=O) groups is 1. The first-order chi connectivity index (χ1) is 9.58. The summed E-state index contributed by atoms with van der Waals surface area (Å²) in [4.78, 5) is 21.8. The fourth-order valence-electron chi connectivity index (χ4n) is 1.65. The molecule has 0 unspecified atom stereocenters. The van der Waals surface area contributed by atoms with Crippen LogP contribution in [0.4, 0.5) is 10.1 Å². The number of benzene rings is 2. The Labute approximate surface area is 114 Å². The van der Waals surface area contributed by atoms with Crippen LogP contribution >= 0.6 is 0 Å². The van der Waals surface area contributed by atoms with Crippen LogP contribution in [-0.4, -0.2) is 10.8 Å². The molecule has 1 N–H and O–H groups in total. The molecule has 2 aromatic rings. The number of nitrogens with one attached hydrogen (secondary N) is 1. The lowest BCUT2D eigenvalue weighted by Gasteiger charge is -2.06. The van der Waals surface area contributed by atoms with Crippen LogP contribution in [0, 0.1) is 15.9 Å².